The molecule has 4 heteroatoms. The molecule has 0 bridgehead atoms. The van der Waals surface area contributed by atoms with Crippen molar-refractivity contribution in [3.8, 4) is 18.2 Å². The smallest absolute Gasteiger partial charge is 0.172 e. The lowest BCUT2D eigenvalue weighted by molar-refractivity contribution is 0.623. The average molecular weight is 275 g/mol. The third-order valence-electron chi connectivity index (χ3n) is 3.27. The van der Waals surface area contributed by atoms with Crippen LogP contribution in [0.25, 0.3) is 0 Å². The molecule has 0 saturated carbocycles. The maximum Gasteiger partial charge on any atom is 0.172 e. The van der Waals surface area contributed by atoms with Crippen molar-refractivity contribution in [3.05, 3.63) is 71.0 Å². The number of nitriles is 3. The Balaban J connectivity index is 2.39. The van der Waals surface area contributed by atoms with Crippen molar-refractivity contribution in [1.29, 1.82) is 15.8 Å². The second-order valence-electron chi connectivity index (χ2n) is 4.62. The summed E-state index contributed by atoms with van der Waals surface area (Å²) in [5.41, 5.74) is 0.363. The van der Waals surface area contributed by atoms with Crippen molar-refractivity contribution >= 4 is 0 Å². The van der Waals surface area contributed by atoms with Gasteiger partial charge in [-0.3, -0.25) is 0 Å². The van der Waals surface area contributed by atoms with Crippen LogP contribution in [0.4, 0.5) is 4.39 Å². The number of hydrogen-bond donors (Lipinski definition) is 0. The summed E-state index contributed by atoms with van der Waals surface area (Å²) in [6.07, 6.45) is 0.178. The normalized spacial score (nSPS) is 10.2. The summed E-state index contributed by atoms with van der Waals surface area (Å²) in [5.74, 6) is -0.415. The molecule has 0 aromatic heterocycles. The topological polar surface area (TPSA) is 71.4 Å². The summed E-state index contributed by atoms with van der Waals surface area (Å²) in [4.78, 5) is 0. The zero-order chi connectivity index (χ0) is 15.3. The van der Waals surface area contributed by atoms with E-state index < -0.39 is 11.2 Å². The van der Waals surface area contributed by atoms with E-state index in [2.05, 4.69) is 0 Å². The average Bonchev–Trinajstić information content (AvgIpc) is 2.54. The number of halogens is 1. The van der Waals surface area contributed by atoms with Crippen molar-refractivity contribution in [1.82, 2.24) is 0 Å². The van der Waals surface area contributed by atoms with Crippen LogP contribution in [-0.2, 0) is 11.8 Å². The quantitative estimate of drug-likeness (QED) is 0.863. The molecule has 0 N–H and O–H groups in total. The standard InChI is InChI=1S/C17H10FN3/c18-16-7-5-15(6-8-16)17(11-20,12-21)9-13-1-3-14(10-19)4-2-13/h1-8H,9H2. The van der Waals surface area contributed by atoms with Crippen LogP contribution in [0.5, 0.6) is 0 Å². The molecule has 0 unspecified atom stereocenters. The number of hydrogen-bond acceptors (Lipinski definition) is 3. The van der Waals surface area contributed by atoms with Gasteiger partial charge in [0.2, 0.25) is 0 Å². The number of benzene rings is 2. The van der Waals surface area contributed by atoms with Gasteiger partial charge >= 0.3 is 0 Å². The molecule has 2 aromatic rings. The molecule has 2 rings (SSSR count). The Morgan fingerprint density at radius 2 is 1.43 bits per heavy atom. The molecule has 0 amide bonds. The Bertz CT molecular complexity index is 742. The molecule has 0 aliphatic heterocycles. The molecule has 0 atom stereocenters. The van der Waals surface area contributed by atoms with Gasteiger partial charge in [0.05, 0.1) is 23.8 Å². The van der Waals surface area contributed by atoms with Crippen LogP contribution in [0, 0.1) is 39.8 Å². The predicted molar refractivity (Wildman–Crippen MR) is 74.2 cm³/mol. The first-order valence-electron chi connectivity index (χ1n) is 6.21. The van der Waals surface area contributed by atoms with Crippen LogP contribution in [0.1, 0.15) is 16.7 Å². The van der Waals surface area contributed by atoms with E-state index in [-0.39, 0.29) is 6.42 Å². The van der Waals surface area contributed by atoms with E-state index in [1.807, 2.05) is 18.2 Å². The van der Waals surface area contributed by atoms with E-state index >= 15 is 0 Å². The van der Waals surface area contributed by atoms with E-state index in [1.165, 1.54) is 24.3 Å². The van der Waals surface area contributed by atoms with Crippen molar-refractivity contribution in [2.45, 2.75) is 11.8 Å². The Hall–Kier alpha value is -3.16. The first-order valence-corrected chi connectivity index (χ1v) is 6.21. The van der Waals surface area contributed by atoms with Gasteiger partial charge < -0.3 is 0 Å². The molecule has 0 heterocycles. The highest BCUT2D eigenvalue weighted by molar-refractivity contribution is 5.43. The number of rotatable bonds is 3. The van der Waals surface area contributed by atoms with Crippen LogP contribution < -0.4 is 0 Å². The van der Waals surface area contributed by atoms with Gasteiger partial charge in [-0.05, 0) is 35.4 Å². The van der Waals surface area contributed by atoms with Crippen LogP contribution >= 0.6 is 0 Å². The van der Waals surface area contributed by atoms with E-state index in [1.54, 1.807) is 24.3 Å². The second kappa shape index (κ2) is 5.87. The van der Waals surface area contributed by atoms with Gasteiger partial charge in [-0.25, -0.2) is 4.39 Å². The number of nitrogens with zero attached hydrogens (tertiary/aromatic N) is 3. The highest BCUT2D eigenvalue weighted by Crippen LogP contribution is 2.28. The summed E-state index contributed by atoms with van der Waals surface area (Å²) < 4.78 is 13.0. The predicted octanol–water partition coefficient (Wildman–Crippen LogP) is 3.23. The lowest BCUT2D eigenvalue weighted by Gasteiger charge is -2.19. The molecule has 2 aromatic carbocycles. The molecular weight excluding hydrogens is 265 g/mol. The van der Waals surface area contributed by atoms with Crippen LogP contribution in [-0.4, -0.2) is 0 Å². The van der Waals surface area contributed by atoms with Crippen molar-refractivity contribution in [2.75, 3.05) is 0 Å². The molecule has 3 nitrogen and oxygen atoms in total. The lowest BCUT2D eigenvalue weighted by Crippen LogP contribution is -2.25. The lowest BCUT2D eigenvalue weighted by atomic mass is 9.78. The Morgan fingerprint density at radius 3 is 1.90 bits per heavy atom. The fourth-order valence-corrected chi connectivity index (χ4v) is 2.07. The molecular formula is C17H10FN3. The third kappa shape index (κ3) is 2.89. The molecule has 0 fully saturated rings. The molecule has 0 aliphatic rings. The summed E-state index contributed by atoms with van der Waals surface area (Å²) >= 11 is 0. The van der Waals surface area contributed by atoms with E-state index in [9.17, 15) is 14.9 Å². The zero-order valence-electron chi connectivity index (χ0n) is 11.0. The van der Waals surface area contributed by atoms with Gasteiger partial charge in [0.15, 0.2) is 5.41 Å². The molecule has 0 aliphatic carbocycles. The summed E-state index contributed by atoms with van der Waals surface area (Å²) in [5, 5.41) is 27.7. The highest BCUT2D eigenvalue weighted by Gasteiger charge is 2.32. The van der Waals surface area contributed by atoms with Gasteiger partial charge in [-0.2, -0.15) is 15.8 Å². The Kier molecular flexibility index (Phi) is 3.98. The largest absolute Gasteiger partial charge is 0.207 e. The minimum absolute atomic E-state index is 0.178. The van der Waals surface area contributed by atoms with Gasteiger partial charge in [0, 0.05) is 6.42 Å². The maximum absolute atomic E-state index is 13.0. The van der Waals surface area contributed by atoms with E-state index in [0.717, 1.165) is 5.56 Å². The van der Waals surface area contributed by atoms with Crippen LogP contribution in [0.3, 0.4) is 0 Å². The van der Waals surface area contributed by atoms with Gasteiger partial charge in [-0.1, -0.05) is 24.3 Å². The third-order valence-corrected chi connectivity index (χ3v) is 3.27. The molecule has 0 radical (unpaired) electrons. The molecule has 21 heavy (non-hydrogen) atoms. The zero-order valence-corrected chi connectivity index (χ0v) is 11.0. The van der Waals surface area contributed by atoms with Crippen LogP contribution in [0.2, 0.25) is 0 Å². The first-order chi connectivity index (χ1) is 10.1. The summed E-state index contributed by atoms with van der Waals surface area (Å²) in [6, 6.07) is 18.1. The first kappa shape index (κ1) is 14.3. The maximum atomic E-state index is 13.0. The Labute approximate surface area is 122 Å². The SMILES string of the molecule is N#Cc1ccc(CC(C#N)(C#N)c2ccc(F)cc2)cc1. The second-order valence-corrected chi connectivity index (χ2v) is 4.62. The minimum Gasteiger partial charge on any atom is -0.207 e. The highest BCUT2D eigenvalue weighted by atomic mass is 19.1. The van der Waals surface area contributed by atoms with Gasteiger partial charge in [-0.15, -0.1) is 0 Å². The monoisotopic (exact) mass is 275 g/mol. The van der Waals surface area contributed by atoms with Gasteiger partial charge in [0.1, 0.15) is 5.82 Å². The van der Waals surface area contributed by atoms with E-state index in [0.29, 0.717) is 11.1 Å². The van der Waals surface area contributed by atoms with Crippen molar-refractivity contribution in [2.24, 2.45) is 0 Å². The summed E-state index contributed by atoms with van der Waals surface area (Å²) in [7, 11) is 0. The fraction of sp³-hybridized carbons (Fsp3) is 0.118. The summed E-state index contributed by atoms with van der Waals surface area (Å²) in [6.45, 7) is 0. The van der Waals surface area contributed by atoms with Crippen molar-refractivity contribution in [3.63, 3.8) is 0 Å². The minimum atomic E-state index is -1.37. The molecule has 100 valence electrons. The van der Waals surface area contributed by atoms with Gasteiger partial charge in [0.25, 0.3) is 0 Å². The Morgan fingerprint density at radius 1 is 0.857 bits per heavy atom. The fourth-order valence-electron chi connectivity index (χ4n) is 2.07. The molecule has 0 saturated heterocycles. The molecule has 0 spiro atoms. The van der Waals surface area contributed by atoms with Crippen LogP contribution in [0.15, 0.2) is 48.5 Å². The van der Waals surface area contributed by atoms with Crippen molar-refractivity contribution < 1.29 is 4.39 Å². The van der Waals surface area contributed by atoms with E-state index in [4.69, 9.17) is 5.26 Å².